The van der Waals surface area contributed by atoms with Gasteiger partial charge in [0.05, 0.1) is 0 Å². The maximum atomic E-state index is 13.9. The van der Waals surface area contributed by atoms with Crippen LogP contribution in [0.25, 0.3) is 17.1 Å². The molecule has 0 bridgehead atoms. The molecule has 0 aliphatic rings. The number of anilines is 1. The van der Waals surface area contributed by atoms with E-state index in [1.165, 1.54) is 10.7 Å². The molecule has 3 aromatic rings. The second kappa shape index (κ2) is 4.73. The minimum atomic E-state index is -0.387. The Labute approximate surface area is 114 Å². The predicted octanol–water partition coefficient (Wildman–Crippen LogP) is 2.36. The molecule has 6 heteroatoms. The third-order valence-corrected chi connectivity index (χ3v) is 2.91. The van der Waals surface area contributed by atoms with E-state index < -0.39 is 0 Å². The molecule has 0 radical (unpaired) electrons. The van der Waals surface area contributed by atoms with E-state index in [1.807, 2.05) is 19.1 Å². The minimum absolute atomic E-state index is 0.299. The Hall–Kier alpha value is -2.76. The summed E-state index contributed by atoms with van der Waals surface area (Å²) in [6, 6.07) is 11.8. The van der Waals surface area contributed by atoms with Crippen LogP contribution in [-0.2, 0) is 0 Å². The van der Waals surface area contributed by atoms with Gasteiger partial charge in [0, 0.05) is 11.3 Å². The number of benzene rings is 2. The molecule has 0 saturated carbocycles. The fourth-order valence-corrected chi connectivity index (χ4v) is 2.09. The largest absolute Gasteiger partial charge is 0.399 e. The van der Waals surface area contributed by atoms with Crippen molar-refractivity contribution in [1.82, 2.24) is 20.2 Å². The lowest BCUT2D eigenvalue weighted by molar-refractivity contribution is 0.608. The second-order valence-electron chi connectivity index (χ2n) is 4.50. The van der Waals surface area contributed by atoms with E-state index in [1.54, 1.807) is 24.3 Å². The van der Waals surface area contributed by atoms with Gasteiger partial charge in [0.1, 0.15) is 11.5 Å². The molecule has 0 saturated heterocycles. The molecule has 0 atom stereocenters. The summed E-state index contributed by atoms with van der Waals surface area (Å²) in [6.07, 6.45) is 0. The average Bonchev–Trinajstić information content (AvgIpc) is 2.87. The van der Waals surface area contributed by atoms with Gasteiger partial charge in [0.2, 0.25) is 0 Å². The van der Waals surface area contributed by atoms with Crippen molar-refractivity contribution in [1.29, 1.82) is 0 Å². The number of hydrogen-bond donors (Lipinski definition) is 1. The third-order valence-electron chi connectivity index (χ3n) is 2.91. The fraction of sp³-hybridized carbons (Fsp3) is 0.0714. The van der Waals surface area contributed by atoms with Gasteiger partial charge in [-0.15, -0.1) is 5.10 Å². The van der Waals surface area contributed by atoms with Crippen molar-refractivity contribution in [3.8, 4) is 17.1 Å². The number of para-hydroxylation sites is 1. The van der Waals surface area contributed by atoms with Crippen molar-refractivity contribution in [3.05, 3.63) is 53.8 Å². The summed E-state index contributed by atoms with van der Waals surface area (Å²) in [7, 11) is 0. The van der Waals surface area contributed by atoms with E-state index in [9.17, 15) is 4.39 Å². The first-order valence-corrected chi connectivity index (χ1v) is 6.06. The maximum Gasteiger partial charge on any atom is 0.187 e. The standard InChI is InChI=1S/C14H12FN5/c1-9-6-10(8-11(16)7-9)14-17-18-19-20(14)13-5-3-2-4-12(13)15/h2-8H,16H2,1H3. The highest BCUT2D eigenvalue weighted by molar-refractivity contribution is 5.64. The molecule has 2 aromatic carbocycles. The highest BCUT2D eigenvalue weighted by Crippen LogP contribution is 2.24. The van der Waals surface area contributed by atoms with Crippen molar-refractivity contribution >= 4 is 5.69 Å². The zero-order valence-corrected chi connectivity index (χ0v) is 10.8. The van der Waals surface area contributed by atoms with Crippen molar-refractivity contribution in [2.75, 3.05) is 5.73 Å². The average molecular weight is 269 g/mol. The van der Waals surface area contributed by atoms with E-state index >= 15 is 0 Å². The normalized spacial score (nSPS) is 10.7. The number of aromatic nitrogens is 4. The van der Waals surface area contributed by atoms with Crippen LogP contribution in [0.15, 0.2) is 42.5 Å². The van der Waals surface area contributed by atoms with Gasteiger partial charge in [-0.1, -0.05) is 12.1 Å². The Morgan fingerprint density at radius 2 is 1.95 bits per heavy atom. The van der Waals surface area contributed by atoms with E-state index in [4.69, 9.17) is 5.73 Å². The number of rotatable bonds is 2. The number of hydrogen-bond acceptors (Lipinski definition) is 4. The van der Waals surface area contributed by atoms with Crippen LogP contribution in [0.3, 0.4) is 0 Å². The lowest BCUT2D eigenvalue weighted by Crippen LogP contribution is -2.02. The molecule has 0 aliphatic carbocycles. The zero-order valence-electron chi connectivity index (χ0n) is 10.8. The molecule has 1 aromatic heterocycles. The topological polar surface area (TPSA) is 69.6 Å². The molecule has 0 unspecified atom stereocenters. The molecule has 2 N–H and O–H groups in total. The van der Waals surface area contributed by atoms with Gasteiger partial charge in [-0.2, -0.15) is 4.68 Å². The molecule has 3 rings (SSSR count). The summed E-state index contributed by atoms with van der Waals surface area (Å²) >= 11 is 0. The number of tetrazole rings is 1. The van der Waals surface area contributed by atoms with Crippen molar-refractivity contribution in [2.24, 2.45) is 0 Å². The first kappa shape index (κ1) is 12.3. The van der Waals surface area contributed by atoms with Crippen LogP contribution in [0.5, 0.6) is 0 Å². The lowest BCUT2D eigenvalue weighted by atomic mass is 10.1. The number of nitrogens with zero attached hydrogens (tertiary/aromatic N) is 4. The molecule has 0 fully saturated rings. The quantitative estimate of drug-likeness (QED) is 0.725. The predicted molar refractivity (Wildman–Crippen MR) is 73.7 cm³/mol. The molecule has 0 aliphatic heterocycles. The molecule has 0 amide bonds. The summed E-state index contributed by atoms with van der Waals surface area (Å²) in [5.74, 6) is 0.0622. The first-order valence-electron chi connectivity index (χ1n) is 6.06. The molecule has 5 nitrogen and oxygen atoms in total. The molecular weight excluding hydrogens is 257 g/mol. The Bertz CT molecular complexity index is 746. The first-order chi connectivity index (χ1) is 9.65. The zero-order chi connectivity index (χ0) is 14.1. The van der Waals surface area contributed by atoms with Crippen LogP contribution in [0.2, 0.25) is 0 Å². The van der Waals surface area contributed by atoms with Gasteiger partial charge in [0.15, 0.2) is 5.82 Å². The van der Waals surface area contributed by atoms with Gasteiger partial charge < -0.3 is 5.73 Å². The molecule has 100 valence electrons. The number of aryl methyl sites for hydroxylation is 1. The van der Waals surface area contributed by atoms with E-state index in [-0.39, 0.29) is 5.82 Å². The van der Waals surface area contributed by atoms with E-state index in [0.29, 0.717) is 17.2 Å². The van der Waals surface area contributed by atoms with Gasteiger partial charge in [-0.05, 0) is 53.2 Å². The number of halogens is 1. The maximum absolute atomic E-state index is 13.9. The summed E-state index contributed by atoms with van der Waals surface area (Å²) in [5, 5.41) is 11.5. The van der Waals surface area contributed by atoms with Gasteiger partial charge in [-0.3, -0.25) is 0 Å². The highest BCUT2D eigenvalue weighted by Gasteiger charge is 2.14. The van der Waals surface area contributed by atoms with Gasteiger partial charge in [-0.25, -0.2) is 4.39 Å². The van der Waals surface area contributed by atoms with Crippen LogP contribution in [0.1, 0.15) is 5.56 Å². The summed E-state index contributed by atoms with van der Waals surface area (Å²) < 4.78 is 15.2. The smallest absolute Gasteiger partial charge is 0.187 e. The third kappa shape index (κ3) is 2.11. The second-order valence-corrected chi connectivity index (χ2v) is 4.50. The monoisotopic (exact) mass is 269 g/mol. The Morgan fingerprint density at radius 3 is 2.70 bits per heavy atom. The summed E-state index contributed by atoms with van der Waals surface area (Å²) in [5.41, 5.74) is 8.48. The lowest BCUT2D eigenvalue weighted by Gasteiger charge is -2.07. The van der Waals surface area contributed by atoms with Crippen molar-refractivity contribution in [3.63, 3.8) is 0 Å². The van der Waals surface area contributed by atoms with Crippen LogP contribution < -0.4 is 5.73 Å². The van der Waals surface area contributed by atoms with Crippen LogP contribution >= 0.6 is 0 Å². The Morgan fingerprint density at radius 1 is 1.15 bits per heavy atom. The van der Waals surface area contributed by atoms with E-state index in [2.05, 4.69) is 15.5 Å². The molecule has 0 spiro atoms. The molecule has 20 heavy (non-hydrogen) atoms. The molecule has 1 heterocycles. The van der Waals surface area contributed by atoms with Crippen molar-refractivity contribution in [2.45, 2.75) is 6.92 Å². The Kier molecular flexibility index (Phi) is 2.90. The van der Waals surface area contributed by atoms with Crippen LogP contribution in [-0.4, -0.2) is 20.2 Å². The van der Waals surface area contributed by atoms with E-state index in [0.717, 1.165) is 11.1 Å². The summed E-state index contributed by atoms with van der Waals surface area (Å²) in [4.78, 5) is 0. The van der Waals surface area contributed by atoms with Crippen molar-refractivity contribution < 1.29 is 4.39 Å². The number of nitrogen functional groups attached to an aromatic ring is 1. The number of nitrogens with two attached hydrogens (primary N) is 1. The summed E-state index contributed by atoms with van der Waals surface area (Å²) in [6.45, 7) is 1.93. The van der Waals surface area contributed by atoms with Crippen LogP contribution in [0, 0.1) is 12.7 Å². The molecular formula is C14H12FN5. The highest BCUT2D eigenvalue weighted by atomic mass is 19.1. The Balaban J connectivity index is 2.18. The SMILES string of the molecule is Cc1cc(N)cc(-c2nnnn2-c2ccccc2F)c1. The van der Waals surface area contributed by atoms with Crippen LogP contribution in [0.4, 0.5) is 10.1 Å². The van der Waals surface area contributed by atoms with Gasteiger partial charge in [0.25, 0.3) is 0 Å². The van der Waals surface area contributed by atoms with Gasteiger partial charge >= 0.3 is 0 Å². The minimum Gasteiger partial charge on any atom is -0.399 e. The fourth-order valence-electron chi connectivity index (χ4n) is 2.09.